The number of hydrogen-bond donors (Lipinski definition) is 2. The number of anilines is 1. The molecule has 0 saturated carbocycles. The van der Waals surface area contributed by atoms with Gasteiger partial charge < -0.3 is 19.9 Å². The van der Waals surface area contributed by atoms with Crippen LogP contribution in [0.15, 0.2) is 66.9 Å². The van der Waals surface area contributed by atoms with Crippen molar-refractivity contribution >= 4 is 22.6 Å². The molecule has 1 aromatic heterocycles. The molecule has 0 aliphatic carbocycles. The molecule has 0 bridgehead atoms. The molecule has 0 aliphatic rings. The van der Waals surface area contributed by atoms with Crippen molar-refractivity contribution in [3.05, 3.63) is 78.0 Å². The first-order chi connectivity index (χ1) is 17.1. The monoisotopic (exact) mass is 471 g/mol. The number of ether oxygens (including phenoxy) is 2. The summed E-state index contributed by atoms with van der Waals surface area (Å²) >= 11 is 0. The van der Waals surface area contributed by atoms with Crippen LogP contribution in [0.2, 0.25) is 0 Å². The summed E-state index contributed by atoms with van der Waals surface area (Å²) < 4.78 is 11.3. The Morgan fingerprint density at radius 2 is 1.91 bits per heavy atom. The molecule has 7 heteroatoms. The normalized spacial score (nSPS) is 10.8. The molecule has 0 amide bonds. The van der Waals surface area contributed by atoms with E-state index in [-0.39, 0.29) is 5.56 Å². The van der Waals surface area contributed by atoms with Gasteiger partial charge in [-0.25, -0.2) is 14.8 Å². The molecule has 0 aliphatic heterocycles. The summed E-state index contributed by atoms with van der Waals surface area (Å²) in [6, 6.07) is 19.1. The fourth-order valence-corrected chi connectivity index (χ4v) is 3.96. The van der Waals surface area contributed by atoms with Crippen LogP contribution in [-0.2, 0) is 6.42 Å². The maximum absolute atomic E-state index is 11.6. The van der Waals surface area contributed by atoms with E-state index in [0.29, 0.717) is 36.1 Å². The van der Waals surface area contributed by atoms with Crippen molar-refractivity contribution in [2.75, 3.05) is 25.6 Å². The van der Waals surface area contributed by atoms with Crippen molar-refractivity contribution < 1.29 is 19.4 Å². The molecule has 0 radical (unpaired) electrons. The number of carbonyl (C=O) groups is 1. The van der Waals surface area contributed by atoms with Crippen molar-refractivity contribution in [2.45, 2.75) is 26.2 Å². The fourth-order valence-electron chi connectivity index (χ4n) is 3.96. The van der Waals surface area contributed by atoms with E-state index in [2.05, 4.69) is 40.4 Å². The molecule has 0 saturated heterocycles. The molecule has 0 fully saturated rings. The smallest absolute Gasteiger partial charge is 0.339 e. The zero-order chi connectivity index (χ0) is 24.6. The predicted molar refractivity (Wildman–Crippen MR) is 138 cm³/mol. The van der Waals surface area contributed by atoms with Gasteiger partial charge in [0.2, 0.25) is 0 Å². The molecule has 35 heavy (non-hydrogen) atoms. The Hall–Kier alpha value is -4.13. The van der Waals surface area contributed by atoms with Gasteiger partial charge in [0.1, 0.15) is 22.9 Å². The maximum Gasteiger partial charge on any atom is 0.339 e. The first-order valence-electron chi connectivity index (χ1n) is 11.7. The van der Waals surface area contributed by atoms with E-state index < -0.39 is 5.97 Å². The van der Waals surface area contributed by atoms with E-state index in [1.165, 1.54) is 16.8 Å². The van der Waals surface area contributed by atoms with Crippen LogP contribution in [0.4, 0.5) is 5.82 Å². The van der Waals surface area contributed by atoms with Crippen LogP contribution in [0.3, 0.4) is 0 Å². The molecule has 1 heterocycles. The lowest BCUT2D eigenvalue weighted by Gasteiger charge is -2.13. The quantitative estimate of drug-likeness (QED) is 0.266. The number of unbranched alkanes of at least 4 members (excludes halogenated alkanes) is 1. The lowest BCUT2D eigenvalue weighted by Crippen LogP contribution is -2.08. The van der Waals surface area contributed by atoms with Crippen molar-refractivity contribution in [3.63, 3.8) is 0 Å². The Morgan fingerprint density at radius 1 is 1.06 bits per heavy atom. The van der Waals surface area contributed by atoms with Crippen LogP contribution in [0.5, 0.6) is 11.5 Å². The largest absolute Gasteiger partial charge is 0.496 e. The number of carboxylic acids is 1. The first-order valence-corrected chi connectivity index (χ1v) is 11.7. The van der Waals surface area contributed by atoms with Gasteiger partial charge in [0.25, 0.3) is 0 Å². The Bertz CT molecular complexity index is 1320. The lowest BCUT2D eigenvalue weighted by molar-refractivity contribution is 0.0692. The number of benzene rings is 3. The van der Waals surface area contributed by atoms with E-state index in [1.807, 2.05) is 24.3 Å². The molecule has 4 aromatic rings. The van der Waals surface area contributed by atoms with Crippen molar-refractivity contribution in [1.29, 1.82) is 0 Å². The first kappa shape index (κ1) is 24.0. The second-order valence-electron chi connectivity index (χ2n) is 8.13. The van der Waals surface area contributed by atoms with Crippen LogP contribution >= 0.6 is 0 Å². The van der Waals surface area contributed by atoms with Crippen molar-refractivity contribution in [3.8, 4) is 22.9 Å². The highest BCUT2D eigenvalue weighted by Gasteiger charge is 2.14. The number of aromatic carboxylic acids is 1. The third kappa shape index (κ3) is 5.69. The van der Waals surface area contributed by atoms with Gasteiger partial charge in [-0.05, 0) is 47.9 Å². The molecule has 4 rings (SSSR count). The van der Waals surface area contributed by atoms with Gasteiger partial charge in [-0.3, -0.25) is 0 Å². The lowest BCUT2D eigenvalue weighted by atomic mass is 10.0. The van der Waals surface area contributed by atoms with Crippen LogP contribution in [0.25, 0.3) is 22.2 Å². The fraction of sp³-hybridized carbons (Fsp3) is 0.250. The number of hydrogen-bond acceptors (Lipinski definition) is 6. The van der Waals surface area contributed by atoms with E-state index in [1.54, 1.807) is 25.4 Å². The molecule has 180 valence electrons. The minimum atomic E-state index is -1.02. The van der Waals surface area contributed by atoms with Gasteiger partial charge in [-0.2, -0.15) is 0 Å². The molecule has 7 nitrogen and oxygen atoms in total. The molecule has 0 spiro atoms. The summed E-state index contributed by atoms with van der Waals surface area (Å²) in [5.41, 5.74) is 1.97. The summed E-state index contributed by atoms with van der Waals surface area (Å²) in [5.74, 6) is 1.35. The summed E-state index contributed by atoms with van der Waals surface area (Å²) in [4.78, 5) is 20.6. The molecular formula is C28H29N3O4. The molecule has 0 atom stereocenters. The summed E-state index contributed by atoms with van der Waals surface area (Å²) in [5, 5.41) is 15.2. The molecule has 2 N–H and O–H groups in total. The van der Waals surface area contributed by atoms with Gasteiger partial charge in [0.05, 0.1) is 13.7 Å². The number of rotatable bonds is 11. The highest BCUT2D eigenvalue weighted by atomic mass is 16.5. The Kier molecular flexibility index (Phi) is 7.77. The average molecular weight is 472 g/mol. The van der Waals surface area contributed by atoms with Crippen LogP contribution in [0, 0.1) is 0 Å². The Morgan fingerprint density at radius 3 is 2.71 bits per heavy atom. The van der Waals surface area contributed by atoms with Crippen molar-refractivity contribution in [1.82, 2.24) is 9.97 Å². The van der Waals surface area contributed by atoms with Crippen LogP contribution < -0.4 is 14.8 Å². The number of aromatic nitrogens is 2. The minimum Gasteiger partial charge on any atom is -0.496 e. The molecule has 3 aromatic carbocycles. The van der Waals surface area contributed by atoms with E-state index >= 15 is 0 Å². The number of methoxy groups -OCH3 is 1. The van der Waals surface area contributed by atoms with Gasteiger partial charge in [-0.1, -0.05) is 49.7 Å². The van der Waals surface area contributed by atoms with Gasteiger partial charge in [0.15, 0.2) is 5.82 Å². The van der Waals surface area contributed by atoms with Gasteiger partial charge in [0, 0.05) is 23.9 Å². The zero-order valence-electron chi connectivity index (χ0n) is 20.0. The molecule has 0 unspecified atom stereocenters. The maximum atomic E-state index is 11.6. The van der Waals surface area contributed by atoms with Crippen LogP contribution in [0.1, 0.15) is 35.7 Å². The van der Waals surface area contributed by atoms with E-state index in [4.69, 9.17) is 9.47 Å². The Balaban J connectivity index is 1.51. The third-order valence-electron chi connectivity index (χ3n) is 5.78. The summed E-state index contributed by atoms with van der Waals surface area (Å²) in [7, 11) is 1.69. The summed E-state index contributed by atoms with van der Waals surface area (Å²) in [6.07, 6.45) is 4.25. The number of nitrogens with one attached hydrogen (secondary N) is 1. The topological polar surface area (TPSA) is 93.6 Å². The van der Waals surface area contributed by atoms with Gasteiger partial charge in [-0.15, -0.1) is 0 Å². The van der Waals surface area contributed by atoms with Crippen molar-refractivity contribution in [2.24, 2.45) is 0 Å². The SMILES string of the molecule is CCCCOc1cc(-c2nccc(NCCc3c(OC)ccc4ccccc34)n2)ccc1C(=O)O. The van der Waals surface area contributed by atoms with E-state index in [0.717, 1.165) is 30.6 Å². The highest BCUT2D eigenvalue weighted by Crippen LogP contribution is 2.29. The van der Waals surface area contributed by atoms with Gasteiger partial charge >= 0.3 is 5.97 Å². The zero-order valence-corrected chi connectivity index (χ0v) is 20.0. The number of fused-ring (bicyclic) bond motifs is 1. The minimum absolute atomic E-state index is 0.128. The third-order valence-corrected chi connectivity index (χ3v) is 5.78. The second kappa shape index (κ2) is 11.3. The average Bonchev–Trinajstić information content (AvgIpc) is 2.89. The second-order valence-corrected chi connectivity index (χ2v) is 8.13. The van der Waals surface area contributed by atoms with E-state index in [9.17, 15) is 9.90 Å². The Labute approximate surface area is 204 Å². The highest BCUT2D eigenvalue weighted by molar-refractivity contribution is 5.91. The molecular weight excluding hydrogens is 442 g/mol. The summed E-state index contributed by atoms with van der Waals surface area (Å²) in [6.45, 7) is 3.17. The van der Waals surface area contributed by atoms with Crippen LogP contribution in [-0.4, -0.2) is 41.3 Å². The predicted octanol–water partition coefficient (Wildman–Crippen LogP) is 5.84. The number of nitrogens with zero attached hydrogens (tertiary/aromatic N) is 2. The number of carboxylic acid groups (broad SMARTS) is 1. The standard InChI is InChI=1S/C28H29N3O4/c1-3-4-17-35-25-18-20(9-11-23(25)28(32)33)27-30-16-14-26(31-27)29-15-13-22-21-8-6-5-7-19(21)10-12-24(22)34-2/h5-12,14,16,18H,3-4,13,15,17H2,1-2H3,(H,32,33)(H,29,30,31).